The molecule has 10 heteroatoms. The average Bonchev–Trinajstić information content (AvgIpc) is 3.08. The van der Waals surface area contributed by atoms with Gasteiger partial charge in [-0.15, -0.1) is 0 Å². The van der Waals surface area contributed by atoms with Crippen LogP contribution in [0.1, 0.15) is 77.1 Å². The summed E-state index contributed by atoms with van der Waals surface area (Å²) in [5.41, 5.74) is 4.64. The Morgan fingerprint density at radius 1 is 1.23 bits per heavy atom. The van der Waals surface area contributed by atoms with Gasteiger partial charge in [-0.2, -0.15) is 5.10 Å². The van der Waals surface area contributed by atoms with Crippen molar-refractivity contribution in [3.8, 4) is 5.88 Å². The van der Waals surface area contributed by atoms with E-state index in [2.05, 4.69) is 15.7 Å². The van der Waals surface area contributed by atoms with Gasteiger partial charge >= 0.3 is 6.09 Å². The summed E-state index contributed by atoms with van der Waals surface area (Å²) in [6.45, 7) is 8.98. The van der Waals surface area contributed by atoms with E-state index < -0.39 is 17.2 Å². The lowest BCUT2D eigenvalue weighted by Crippen LogP contribution is -2.63. The van der Waals surface area contributed by atoms with Crippen molar-refractivity contribution in [2.45, 2.75) is 90.0 Å². The molecule has 35 heavy (non-hydrogen) atoms. The highest BCUT2D eigenvalue weighted by Crippen LogP contribution is 2.57. The molecule has 192 valence electrons. The van der Waals surface area contributed by atoms with E-state index in [9.17, 15) is 14.4 Å². The Kier molecular flexibility index (Phi) is 6.59. The van der Waals surface area contributed by atoms with Crippen LogP contribution in [0.3, 0.4) is 0 Å². The Morgan fingerprint density at radius 3 is 2.46 bits per heavy atom. The van der Waals surface area contributed by atoms with Gasteiger partial charge in [0.1, 0.15) is 11.2 Å². The van der Waals surface area contributed by atoms with Crippen molar-refractivity contribution in [1.29, 1.82) is 0 Å². The average molecular weight is 488 g/mol. The van der Waals surface area contributed by atoms with E-state index in [1.807, 2.05) is 27.7 Å². The van der Waals surface area contributed by atoms with E-state index >= 15 is 0 Å². The third-order valence-corrected chi connectivity index (χ3v) is 7.30. The Morgan fingerprint density at radius 2 is 1.89 bits per heavy atom. The summed E-state index contributed by atoms with van der Waals surface area (Å²) < 4.78 is 13.1. The molecule has 1 heterocycles. The summed E-state index contributed by atoms with van der Waals surface area (Å²) >= 11 is 0. The Balaban J connectivity index is 1.52. The second-order valence-electron chi connectivity index (χ2n) is 11.3. The number of primary amides is 1. The molecule has 0 aromatic carbocycles. The van der Waals surface area contributed by atoms with E-state index in [4.69, 9.17) is 15.2 Å². The molecule has 2 atom stereocenters. The monoisotopic (exact) mass is 487 g/mol. The first kappa shape index (κ1) is 25.1. The van der Waals surface area contributed by atoms with Gasteiger partial charge < -0.3 is 25.8 Å². The highest BCUT2D eigenvalue weighted by molar-refractivity contribution is 5.96. The number of nitrogens with zero attached hydrogens (tertiary/aromatic N) is 2. The number of ether oxygens (including phenoxy) is 2. The topological polar surface area (TPSA) is 138 Å². The van der Waals surface area contributed by atoms with Gasteiger partial charge in [0.15, 0.2) is 0 Å². The van der Waals surface area contributed by atoms with Crippen LogP contribution in [-0.2, 0) is 9.53 Å². The molecule has 4 fully saturated rings. The highest BCUT2D eigenvalue weighted by Gasteiger charge is 2.57. The summed E-state index contributed by atoms with van der Waals surface area (Å²) in [5, 5.41) is 10.5. The molecule has 2 unspecified atom stereocenters. The minimum Gasteiger partial charge on any atom is -0.474 e. The highest BCUT2D eigenvalue weighted by atomic mass is 16.6. The summed E-state index contributed by atoms with van der Waals surface area (Å²) in [7, 11) is 0. The van der Waals surface area contributed by atoms with Gasteiger partial charge in [0, 0.05) is 19.2 Å². The fourth-order valence-corrected chi connectivity index (χ4v) is 6.46. The molecule has 1 aromatic heterocycles. The lowest BCUT2D eigenvalue weighted by molar-refractivity contribution is -0.137. The minimum atomic E-state index is -0.717. The number of aromatic nitrogens is 2. The van der Waals surface area contributed by atoms with Gasteiger partial charge in [-0.05, 0) is 83.6 Å². The van der Waals surface area contributed by atoms with E-state index in [-0.39, 0.29) is 35.8 Å². The van der Waals surface area contributed by atoms with Gasteiger partial charge in [0.05, 0.1) is 17.8 Å². The lowest BCUT2D eigenvalue weighted by atomic mass is 9.52. The van der Waals surface area contributed by atoms with Crippen LogP contribution in [0, 0.1) is 17.8 Å². The second-order valence-corrected chi connectivity index (χ2v) is 11.3. The van der Waals surface area contributed by atoms with E-state index in [0.29, 0.717) is 17.4 Å². The van der Waals surface area contributed by atoms with Crippen LogP contribution in [0.2, 0.25) is 0 Å². The van der Waals surface area contributed by atoms with Gasteiger partial charge in [0.2, 0.25) is 11.8 Å². The quantitative estimate of drug-likeness (QED) is 0.516. The molecule has 10 nitrogen and oxygen atoms in total. The number of hydrogen-bond acceptors (Lipinski definition) is 6. The second kappa shape index (κ2) is 9.20. The first-order valence-corrected chi connectivity index (χ1v) is 12.4. The van der Waals surface area contributed by atoms with Gasteiger partial charge in [0.25, 0.3) is 5.91 Å². The largest absolute Gasteiger partial charge is 0.474 e. The molecular weight excluding hydrogens is 450 g/mol. The van der Waals surface area contributed by atoms with E-state index in [0.717, 1.165) is 32.1 Å². The van der Waals surface area contributed by atoms with Crippen LogP contribution in [-0.4, -0.2) is 51.0 Å². The molecule has 4 bridgehead atoms. The van der Waals surface area contributed by atoms with Crippen molar-refractivity contribution in [3.63, 3.8) is 0 Å². The van der Waals surface area contributed by atoms with Crippen molar-refractivity contribution >= 4 is 24.1 Å². The van der Waals surface area contributed by atoms with Crippen LogP contribution >= 0.6 is 0 Å². The molecule has 1 aromatic rings. The zero-order valence-electron chi connectivity index (χ0n) is 21.2. The smallest absolute Gasteiger partial charge is 0.405 e. The SMILES string of the molecule is CC(=O)NC(C)(C)/C=C/n1ncc(C(=O)N[C@H]2C3CC4CC2C[C@](OC(N)=O)(C4)C3)c1OC(C)C. The zero-order chi connectivity index (χ0) is 25.5. The molecule has 3 amide bonds. The number of nitrogens with one attached hydrogen (secondary N) is 2. The molecule has 4 N–H and O–H groups in total. The van der Waals surface area contributed by atoms with Gasteiger partial charge in [-0.3, -0.25) is 9.59 Å². The number of carbonyl (C=O) groups excluding carboxylic acids is 3. The van der Waals surface area contributed by atoms with Crippen LogP contribution in [0.5, 0.6) is 5.88 Å². The van der Waals surface area contributed by atoms with Crippen LogP contribution in [0.25, 0.3) is 6.20 Å². The molecule has 4 aliphatic carbocycles. The van der Waals surface area contributed by atoms with Crippen molar-refractivity contribution < 1.29 is 23.9 Å². The van der Waals surface area contributed by atoms with Gasteiger partial charge in [-0.25, -0.2) is 9.48 Å². The van der Waals surface area contributed by atoms with E-state index in [1.165, 1.54) is 17.8 Å². The molecule has 5 rings (SSSR count). The van der Waals surface area contributed by atoms with Crippen LogP contribution in [0.4, 0.5) is 4.79 Å². The lowest BCUT2D eigenvalue weighted by Gasteiger charge is -2.58. The maximum atomic E-state index is 13.4. The van der Waals surface area contributed by atoms with Gasteiger partial charge in [-0.1, -0.05) is 0 Å². The first-order chi connectivity index (χ1) is 16.4. The molecule has 0 aliphatic heterocycles. The molecule has 0 radical (unpaired) electrons. The number of carbonyl (C=O) groups is 3. The predicted molar refractivity (Wildman–Crippen MR) is 129 cm³/mol. The molecule has 0 spiro atoms. The van der Waals surface area contributed by atoms with Crippen molar-refractivity contribution in [3.05, 3.63) is 17.8 Å². The van der Waals surface area contributed by atoms with Crippen LogP contribution < -0.4 is 21.1 Å². The maximum Gasteiger partial charge on any atom is 0.405 e. The summed E-state index contributed by atoms with van der Waals surface area (Å²) in [6.07, 6.45) is 8.46. The number of nitrogens with two attached hydrogens (primary N) is 1. The third-order valence-electron chi connectivity index (χ3n) is 7.30. The summed E-state index contributed by atoms with van der Waals surface area (Å²) in [4.78, 5) is 36.4. The zero-order valence-corrected chi connectivity index (χ0v) is 21.2. The maximum absolute atomic E-state index is 13.4. The van der Waals surface area contributed by atoms with E-state index in [1.54, 1.807) is 12.3 Å². The normalized spacial score (nSPS) is 29.4. The molecule has 4 saturated carbocycles. The minimum absolute atomic E-state index is 0.00754. The Bertz CT molecular complexity index is 1010. The number of amides is 3. The predicted octanol–water partition coefficient (Wildman–Crippen LogP) is 2.83. The van der Waals surface area contributed by atoms with Crippen molar-refractivity contribution in [2.75, 3.05) is 0 Å². The first-order valence-electron chi connectivity index (χ1n) is 12.4. The standard InChI is InChI=1S/C25H37N5O5/c1-14(2)34-22-19(13-27-30(22)7-6-24(4,5)29-15(3)31)21(32)28-20-17-8-16-9-18(20)12-25(10-16,11-17)35-23(26)33/h6-7,13-14,16-18,20H,8-12H2,1-5H3,(H2,26,33)(H,28,32)(H,29,31)/b7-6+/t16?,17?,18?,20-,25-. The molecular formula is C25H37N5O5. The van der Waals surface area contributed by atoms with Crippen molar-refractivity contribution in [1.82, 2.24) is 20.4 Å². The number of rotatable bonds is 8. The van der Waals surface area contributed by atoms with Crippen LogP contribution in [0.15, 0.2) is 12.3 Å². The molecule has 4 aliphatic rings. The van der Waals surface area contributed by atoms with Crippen molar-refractivity contribution in [2.24, 2.45) is 23.5 Å². The summed E-state index contributed by atoms with van der Waals surface area (Å²) in [6, 6.07) is 0.00754. The summed E-state index contributed by atoms with van der Waals surface area (Å²) in [5.74, 6) is 0.963. The fraction of sp³-hybridized carbons (Fsp3) is 0.680. The third kappa shape index (κ3) is 5.46. The Hall–Kier alpha value is -3.04. The fourth-order valence-electron chi connectivity index (χ4n) is 6.46. The Labute approximate surface area is 206 Å². The number of hydrogen-bond donors (Lipinski definition) is 3. The molecule has 0 saturated heterocycles.